The first-order valence-electron chi connectivity index (χ1n) is 7.95. The molecular weight excluding hydrogens is 359 g/mol. The second-order valence-electron chi connectivity index (χ2n) is 5.76. The predicted molar refractivity (Wildman–Crippen MR) is 102 cm³/mol. The molecule has 0 radical (unpaired) electrons. The SMILES string of the molecule is CC(=O)N(CCC(=O)Nc1cc(Cl)cc(Cl)c1)C(C)c1ccccc1. The Morgan fingerprint density at radius 1 is 1.08 bits per heavy atom. The highest BCUT2D eigenvalue weighted by atomic mass is 35.5. The van der Waals surface area contributed by atoms with Crippen molar-refractivity contribution in [2.75, 3.05) is 11.9 Å². The molecule has 0 aliphatic carbocycles. The second-order valence-corrected chi connectivity index (χ2v) is 6.63. The summed E-state index contributed by atoms with van der Waals surface area (Å²) in [5.74, 6) is -0.278. The zero-order valence-corrected chi connectivity index (χ0v) is 15.6. The third kappa shape index (κ3) is 5.76. The van der Waals surface area contributed by atoms with Gasteiger partial charge < -0.3 is 10.2 Å². The maximum atomic E-state index is 12.2. The van der Waals surface area contributed by atoms with Crippen molar-refractivity contribution in [3.63, 3.8) is 0 Å². The zero-order chi connectivity index (χ0) is 18.4. The molecule has 0 saturated carbocycles. The third-order valence-corrected chi connectivity index (χ3v) is 4.32. The van der Waals surface area contributed by atoms with E-state index < -0.39 is 0 Å². The lowest BCUT2D eigenvalue weighted by Gasteiger charge is -2.28. The number of carbonyl (C=O) groups is 2. The molecule has 0 saturated heterocycles. The standard InChI is InChI=1S/C19H20Cl2N2O2/c1-13(15-6-4-3-5-7-15)23(14(2)24)9-8-19(25)22-18-11-16(20)10-17(21)12-18/h3-7,10-13H,8-9H2,1-2H3,(H,22,25). The molecule has 132 valence electrons. The Morgan fingerprint density at radius 2 is 1.68 bits per heavy atom. The van der Waals surface area contributed by atoms with E-state index in [2.05, 4.69) is 5.32 Å². The first-order chi connectivity index (χ1) is 11.9. The molecule has 0 aliphatic rings. The predicted octanol–water partition coefficient (Wildman–Crippen LogP) is 4.93. The van der Waals surface area contributed by atoms with E-state index in [1.807, 2.05) is 37.3 Å². The van der Waals surface area contributed by atoms with Gasteiger partial charge in [-0.25, -0.2) is 0 Å². The highest BCUT2D eigenvalue weighted by molar-refractivity contribution is 6.35. The van der Waals surface area contributed by atoms with Crippen LogP contribution >= 0.6 is 23.2 Å². The molecule has 1 N–H and O–H groups in total. The number of hydrogen-bond acceptors (Lipinski definition) is 2. The first-order valence-corrected chi connectivity index (χ1v) is 8.70. The van der Waals surface area contributed by atoms with Gasteiger partial charge in [-0.1, -0.05) is 53.5 Å². The van der Waals surface area contributed by atoms with E-state index in [0.29, 0.717) is 22.3 Å². The summed E-state index contributed by atoms with van der Waals surface area (Å²) in [4.78, 5) is 25.8. The minimum absolute atomic E-state index is 0.0741. The van der Waals surface area contributed by atoms with Crippen LogP contribution < -0.4 is 5.32 Å². The Hall–Kier alpha value is -2.04. The average Bonchev–Trinajstić information content (AvgIpc) is 2.54. The molecule has 2 amide bonds. The highest BCUT2D eigenvalue weighted by Gasteiger charge is 2.19. The lowest BCUT2D eigenvalue weighted by molar-refractivity contribution is -0.131. The van der Waals surface area contributed by atoms with Gasteiger partial charge in [-0.05, 0) is 30.7 Å². The number of anilines is 1. The summed E-state index contributed by atoms with van der Waals surface area (Å²) in [6.07, 6.45) is 0.181. The number of rotatable bonds is 6. The van der Waals surface area contributed by atoms with E-state index in [0.717, 1.165) is 5.56 Å². The van der Waals surface area contributed by atoms with Gasteiger partial charge in [-0.2, -0.15) is 0 Å². The van der Waals surface area contributed by atoms with Gasteiger partial charge in [-0.15, -0.1) is 0 Å². The molecule has 0 fully saturated rings. The molecule has 25 heavy (non-hydrogen) atoms. The van der Waals surface area contributed by atoms with Crippen molar-refractivity contribution in [2.24, 2.45) is 0 Å². The van der Waals surface area contributed by atoms with Crippen LogP contribution in [0.25, 0.3) is 0 Å². The summed E-state index contributed by atoms with van der Waals surface area (Å²) in [6.45, 7) is 3.78. The quantitative estimate of drug-likeness (QED) is 0.774. The van der Waals surface area contributed by atoms with Gasteiger partial charge in [0.15, 0.2) is 0 Å². The molecule has 0 heterocycles. The summed E-state index contributed by atoms with van der Waals surface area (Å²) >= 11 is 11.8. The van der Waals surface area contributed by atoms with E-state index in [4.69, 9.17) is 23.2 Å². The lowest BCUT2D eigenvalue weighted by atomic mass is 10.1. The number of nitrogens with zero attached hydrogens (tertiary/aromatic N) is 1. The molecule has 2 aromatic carbocycles. The smallest absolute Gasteiger partial charge is 0.226 e. The fraction of sp³-hybridized carbons (Fsp3) is 0.263. The Kier molecular flexibility index (Phi) is 6.85. The molecule has 0 aromatic heterocycles. The monoisotopic (exact) mass is 378 g/mol. The Labute approximate surface area is 157 Å². The number of halogens is 2. The van der Waals surface area contributed by atoms with Crippen molar-refractivity contribution >= 4 is 40.7 Å². The number of amides is 2. The molecule has 1 unspecified atom stereocenters. The molecule has 2 rings (SSSR count). The van der Waals surface area contributed by atoms with Crippen molar-refractivity contribution in [3.8, 4) is 0 Å². The molecule has 0 spiro atoms. The van der Waals surface area contributed by atoms with Crippen LogP contribution in [0.15, 0.2) is 48.5 Å². The van der Waals surface area contributed by atoms with Gasteiger partial charge in [-0.3, -0.25) is 9.59 Å². The van der Waals surface area contributed by atoms with Gasteiger partial charge in [0.05, 0.1) is 6.04 Å². The Bertz CT molecular complexity index is 730. The van der Waals surface area contributed by atoms with Crippen LogP contribution in [-0.2, 0) is 9.59 Å². The summed E-state index contributed by atoms with van der Waals surface area (Å²) in [7, 11) is 0. The van der Waals surface area contributed by atoms with Gasteiger partial charge in [0, 0.05) is 35.6 Å². The molecule has 0 bridgehead atoms. The van der Waals surface area contributed by atoms with Crippen LogP contribution in [0.4, 0.5) is 5.69 Å². The summed E-state index contributed by atoms with van der Waals surface area (Å²) in [5, 5.41) is 3.65. The van der Waals surface area contributed by atoms with Gasteiger partial charge >= 0.3 is 0 Å². The van der Waals surface area contributed by atoms with Crippen LogP contribution in [-0.4, -0.2) is 23.3 Å². The van der Waals surface area contributed by atoms with Crippen LogP contribution in [0, 0.1) is 0 Å². The first kappa shape index (κ1) is 19.3. The third-order valence-electron chi connectivity index (χ3n) is 3.88. The minimum Gasteiger partial charge on any atom is -0.336 e. The van der Waals surface area contributed by atoms with Crippen molar-refractivity contribution in [1.82, 2.24) is 4.90 Å². The maximum Gasteiger partial charge on any atom is 0.226 e. The van der Waals surface area contributed by atoms with Crippen molar-refractivity contribution in [2.45, 2.75) is 26.3 Å². The Balaban J connectivity index is 1.98. The summed E-state index contributed by atoms with van der Waals surface area (Å²) < 4.78 is 0. The topological polar surface area (TPSA) is 49.4 Å². The van der Waals surface area contributed by atoms with E-state index in [9.17, 15) is 9.59 Å². The van der Waals surface area contributed by atoms with Crippen molar-refractivity contribution in [1.29, 1.82) is 0 Å². The number of carbonyl (C=O) groups excluding carboxylic acids is 2. The van der Waals surface area contributed by atoms with Crippen LogP contribution in [0.3, 0.4) is 0 Å². The normalized spacial score (nSPS) is 11.7. The largest absolute Gasteiger partial charge is 0.336 e. The molecule has 1 atom stereocenters. The van der Waals surface area contributed by atoms with Crippen LogP contribution in [0.5, 0.6) is 0 Å². The molecule has 2 aromatic rings. The fourth-order valence-corrected chi connectivity index (χ4v) is 3.13. The number of hydrogen-bond donors (Lipinski definition) is 1. The minimum atomic E-state index is -0.204. The number of benzene rings is 2. The van der Waals surface area contributed by atoms with E-state index in [1.54, 1.807) is 23.1 Å². The lowest BCUT2D eigenvalue weighted by Crippen LogP contribution is -2.34. The van der Waals surface area contributed by atoms with Gasteiger partial charge in [0.2, 0.25) is 11.8 Å². The van der Waals surface area contributed by atoms with Crippen molar-refractivity contribution in [3.05, 3.63) is 64.1 Å². The average molecular weight is 379 g/mol. The summed E-state index contributed by atoms with van der Waals surface area (Å²) in [5.41, 5.74) is 1.56. The summed E-state index contributed by atoms with van der Waals surface area (Å²) in [6, 6.07) is 14.5. The molecule has 0 aliphatic heterocycles. The van der Waals surface area contributed by atoms with Crippen LogP contribution in [0.2, 0.25) is 10.0 Å². The second kappa shape index (κ2) is 8.88. The van der Waals surface area contributed by atoms with Gasteiger partial charge in [0.1, 0.15) is 0 Å². The van der Waals surface area contributed by atoms with Gasteiger partial charge in [0.25, 0.3) is 0 Å². The highest BCUT2D eigenvalue weighted by Crippen LogP contribution is 2.23. The maximum absolute atomic E-state index is 12.2. The Morgan fingerprint density at radius 3 is 2.24 bits per heavy atom. The number of nitrogens with one attached hydrogen (secondary N) is 1. The van der Waals surface area contributed by atoms with E-state index >= 15 is 0 Å². The molecule has 6 heteroatoms. The van der Waals surface area contributed by atoms with E-state index in [1.165, 1.54) is 6.92 Å². The molecular formula is C19H20Cl2N2O2. The zero-order valence-electron chi connectivity index (χ0n) is 14.1. The fourth-order valence-electron chi connectivity index (χ4n) is 2.61. The van der Waals surface area contributed by atoms with Crippen LogP contribution in [0.1, 0.15) is 31.9 Å². The van der Waals surface area contributed by atoms with E-state index in [-0.39, 0.29) is 24.3 Å². The van der Waals surface area contributed by atoms with Crippen molar-refractivity contribution < 1.29 is 9.59 Å². The molecule has 4 nitrogen and oxygen atoms in total.